The molecule has 0 saturated carbocycles. The van der Waals surface area contributed by atoms with E-state index < -0.39 is 0 Å². The van der Waals surface area contributed by atoms with Gasteiger partial charge in [-0.3, -0.25) is 14.2 Å². The first-order chi connectivity index (χ1) is 17.9. The first kappa shape index (κ1) is 23.7. The molecule has 0 aliphatic carbocycles. The molecule has 0 radical (unpaired) electrons. The van der Waals surface area contributed by atoms with Crippen LogP contribution in [0.5, 0.6) is 0 Å². The smallest absolute Gasteiger partial charge is 0.265 e. The molecule has 1 atom stereocenters. The first-order valence-corrected chi connectivity index (χ1v) is 13.4. The van der Waals surface area contributed by atoms with Gasteiger partial charge in [-0.2, -0.15) is 5.10 Å². The highest BCUT2D eigenvalue weighted by molar-refractivity contribution is 7.99. The molecular weight excluding hydrogens is 491 g/mol. The third kappa shape index (κ3) is 4.19. The van der Waals surface area contributed by atoms with E-state index in [0.717, 1.165) is 16.8 Å². The van der Waals surface area contributed by atoms with E-state index in [1.807, 2.05) is 41.8 Å². The van der Waals surface area contributed by atoms with Gasteiger partial charge in [-0.25, -0.2) is 14.1 Å². The van der Waals surface area contributed by atoms with Crippen molar-refractivity contribution < 1.29 is 9.18 Å². The molecule has 190 valence electrons. The molecule has 1 fully saturated rings. The maximum Gasteiger partial charge on any atom is 0.265 e. The second-order valence-electron chi connectivity index (χ2n) is 9.64. The van der Waals surface area contributed by atoms with Gasteiger partial charge in [0.2, 0.25) is 5.91 Å². The Labute approximate surface area is 217 Å². The highest BCUT2D eigenvalue weighted by Gasteiger charge is 2.32. The van der Waals surface area contributed by atoms with Crippen LogP contribution in [0.15, 0.2) is 58.6 Å². The molecule has 1 amide bonds. The van der Waals surface area contributed by atoms with Gasteiger partial charge in [0, 0.05) is 38.4 Å². The number of piperazine rings is 1. The predicted molar refractivity (Wildman–Crippen MR) is 142 cm³/mol. The number of fused-ring (bicyclic) bond motifs is 2. The lowest BCUT2D eigenvalue weighted by atomic mass is 10.1. The molecule has 2 aliphatic heterocycles. The maximum atomic E-state index is 14.2. The molecule has 2 aliphatic rings. The van der Waals surface area contributed by atoms with Crippen LogP contribution in [-0.4, -0.2) is 62.1 Å². The fourth-order valence-electron chi connectivity index (χ4n) is 5.24. The molecule has 10 heteroatoms. The lowest BCUT2D eigenvalue weighted by Crippen LogP contribution is -2.49. The molecule has 2 aromatic heterocycles. The van der Waals surface area contributed by atoms with Crippen LogP contribution < -0.4 is 10.5 Å². The van der Waals surface area contributed by atoms with E-state index in [2.05, 4.69) is 11.2 Å². The van der Waals surface area contributed by atoms with Crippen LogP contribution >= 0.6 is 11.8 Å². The van der Waals surface area contributed by atoms with Crippen molar-refractivity contribution in [1.29, 1.82) is 0 Å². The first-order valence-electron chi connectivity index (χ1n) is 12.4. The van der Waals surface area contributed by atoms with E-state index >= 15 is 0 Å². The maximum absolute atomic E-state index is 14.2. The number of carbonyl (C=O) groups is 1. The van der Waals surface area contributed by atoms with Crippen LogP contribution in [0, 0.1) is 19.7 Å². The molecular formula is C27H27FN6O2S. The Bertz CT molecular complexity index is 1570. The van der Waals surface area contributed by atoms with Crippen LogP contribution in [0.4, 0.5) is 10.1 Å². The third-order valence-corrected chi connectivity index (χ3v) is 8.28. The lowest BCUT2D eigenvalue weighted by Gasteiger charge is -2.36. The lowest BCUT2D eigenvalue weighted by molar-refractivity contribution is -0.132. The molecule has 4 heterocycles. The molecule has 0 spiro atoms. The molecule has 2 aromatic carbocycles. The standard InChI is InChI=1S/C27H27FN6O2S/c1-17-7-8-22(18(2)13-17)34-25-20(15-29-34)26(36)33-19(16-37-27(33)30-25)14-24(35)32-11-9-31(10-12-32)23-6-4-3-5-21(23)28/h3-8,13,15,19H,9-12,14,16H2,1-2H3. The Morgan fingerprint density at radius 3 is 2.62 bits per heavy atom. The summed E-state index contributed by atoms with van der Waals surface area (Å²) in [4.78, 5) is 35.3. The van der Waals surface area contributed by atoms with Gasteiger partial charge in [0.25, 0.3) is 5.56 Å². The number of anilines is 1. The Morgan fingerprint density at radius 2 is 1.86 bits per heavy atom. The van der Waals surface area contributed by atoms with Crippen LogP contribution in [0.1, 0.15) is 23.6 Å². The Hall–Kier alpha value is -3.66. The number of hydrogen-bond acceptors (Lipinski definition) is 6. The van der Waals surface area contributed by atoms with Gasteiger partial charge in [0.1, 0.15) is 11.2 Å². The summed E-state index contributed by atoms with van der Waals surface area (Å²) in [5.41, 5.74) is 4.04. The number of carbonyl (C=O) groups excluding carboxylic acids is 1. The molecule has 6 rings (SSSR count). The Balaban J connectivity index is 1.20. The minimum Gasteiger partial charge on any atom is -0.366 e. The Kier molecular flexibility index (Phi) is 5.98. The fourth-order valence-corrected chi connectivity index (χ4v) is 6.37. The minimum atomic E-state index is -0.258. The van der Waals surface area contributed by atoms with Crippen molar-refractivity contribution in [3.8, 4) is 5.69 Å². The topological polar surface area (TPSA) is 76.3 Å². The summed E-state index contributed by atoms with van der Waals surface area (Å²) in [5.74, 6) is 0.373. The average molecular weight is 519 g/mol. The summed E-state index contributed by atoms with van der Waals surface area (Å²) in [6.45, 7) is 6.24. The van der Waals surface area contributed by atoms with Crippen molar-refractivity contribution in [2.24, 2.45) is 0 Å². The number of nitrogens with zero attached hydrogens (tertiary/aromatic N) is 6. The molecule has 8 nitrogen and oxygen atoms in total. The molecule has 1 unspecified atom stereocenters. The van der Waals surface area contributed by atoms with Gasteiger partial charge in [-0.15, -0.1) is 0 Å². The van der Waals surface area contributed by atoms with E-state index in [4.69, 9.17) is 4.98 Å². The van der Waals surface area contributed by atoms with Crippen molar-refractivity contribution in [2.45, 2.75) is 31.5 Å². The van der Waals surface area contributed by atoms with Crippen molar-refractivity contribution in [3.05, 3.63) is 76.0 Å². The summed E-state index contributed by atoms with van der Waals surface area (Å²) in [6.07, 6.45) is 1.80. The second-order valence-corrected chi connectivity index (χ2v) is 10.6. The molecule has 1 saturated heterocycles. The van der Waals surface area contributed by atoms with Gasteiger partial charge in [0.15, 0.2) is 10.8 Å². The zero-order chi connectivity index (χ0) is 25.7. The minimum absolute atomic E-state index is 0.00426. The van der Waals surface area contributed by atoms with E-state index in [1.54, 1.807) is 27.6 Å². The van der Waals surface area contributed by atoms with Gasteiger partial charge in [-0.1, -0.05) is 41.6 Å². The van der Waals surface area contributed by atoms with Crippen molar-refractivity contribution in [3.63, 3.8) is 0 Å². The van der Waals surface area contributed by atoms with Crippen LogP contribution in [0.3, 0.4) is 0 Å². The zero-order valence-electron chi connectivity index (χ0n) is 20.7. The molecule has 0 N–H and O–H groups in total. The average Bonchev–Trinajstić information content (AvgIpc) is 3.49. The summed E-state index contributed by atoms with van der Waals surface area (Å²) >= 11 is 1.50. The second kappa shape index (κ2) is 9.33. The summed E-state index contributed by atoms with van der Waals surface area (Å²) in [5, 5.41) is 5.54. The quantitative estimate of drug-likeness (QED) is 0.384. The largest absolute Gasteiger partial charge is 0.366 e. The summed E-state index contributed by atoms with van der Waals surface area (Å²) in [6, 6.07) is 12.5. The molecule has 37 heavy (non-hydrogen) atoms. The number of benzene rings is 2. The van der Waals surface area contributed by atoms with Gasteiger partial charge < -0.3 is 9.80 Å². The zero-order valence-corrected chi connectivity index (χ0v) is 21.5. The number of para-hydroxylation sites is 1. The number of thioether (sulfide) groups is 1. The molecule has 4 aromatic rings. The number of rotatable bonds is 4. The van der Waals surface area contributed by atoms with Crippen molar-refractivity contribution >= 4 is 34.4 Å². The Morgan fingerprint density at radius 1 is 1.08 bits per heavy atom. The monoisotopic (exact) mass is 518 g/mol. The number of aryl methyl sites for hydroxylation is 2. The van der Waals surface area contributed by atoms with E-state index in [9.17, 15) is 14.0 Å². The number of halogens is 1. The number of aromatic nitrogens is 4. The van der Waals surface area contributed by atoms with Crippen LogP contribution in [0.2, 0.25) is 0 Å². The molecule has 0 bridgehead atoms. The normalized spacial score (nSPS) is 17.4. The summed E-state index contributed by atoms with van der Waals surface area (Å²) in [7, 11) is 0. The van der Waals surface area contributed by atoms with Crippen molar-refractivity contribution in [1.82, 2.24) is 24.2 Å². The van der Waals surface area contributed by atoms with Gasteiger partial charge >= 0.3 is 0 Å². The fraction of sp³-hybridized carbons (Fsp3) is 0.333. The highest BCUT2D eigenvalue weighted by atomic mass is 32.2. The van der Waals surface area contributed by atoms with Crippen LogP contribution in [-0.2, 0) is 4.79 Å². The van der Waals surface area contributed by atoms with Gasteiger partial charge in [-0.05, 0) is 37.6 Å². The number of amides is 1. The summed E-state index contributed by atoms with van der Waals surface area (Å²) < 4.78 is 17.5. The third-order valence-electron chi connectivity index (χ3n) is 7.19. The van der Waals surface area contributed by atoms with E-state index in [-0.39, 0.29) is 29.7 Å². The SMILES string of the molecule is Cc1ccc(-n2ncc3c(=O)n4c(nc32)SCC4CC(=O)N2CCN(c3ccccc3F)CC2)c(C)c1. The van der Waals surface area contributed by atoms with Crippen LogP contribution in [0.25, 0.3) is 16.7 Å². The van der Waals surface area contributed by atoms with E-state index in [0.29, 0.717) is 53.8 Å². The number of hydrogen-bond donors (Lipinski definition) is 0. The predicted octanol–water partition coefficient (Wildman–Crippen LogP) is 3.72. The highest BCUT2D eigenvalue weighted by Crippen LogP contribution is 2.34. The van der Waals surface area contributed by atoms with Gasteiger partial charge in [0.05, 0.1) is 23.6 Å². The van der Waals surface area contributed by atoms with Crippen molar-refractivity contribution in [2.75, 3.05) is 36.8 Å². The van der Waals surface area contributed by atoms with E-state index in [1.165, 1.54) is 17.8 Å².